The molecule has 32 heavy (non-hydrogen) atoms. The highest BCUT2D eigenvalue weighted by Gasteiger charge is 2.36. The number of benzene rings is 1. The van der Waals surface area contributed by atoms with Crippen molar-refractivity contribution in [3.8, 4) is 5.88 Å². The number of hydrogen-bond donors (Lipinski definition) is 2. The average Bonchev–Trinajstić information content (AvgIpc) is 2.72. The van der Waals surface area contributed by atoms with Gasteiger partial charge in [0.05, 0.1) is 5.71 Å². The number of anilines is 1. The Morgan fingerprint density at radius 1 is 1.22 bits per heavy atom. The number of nitrogens with two attached hydrogens (primary N) is 1. The highest BCUT2D eigenvalue weighted by molar-refractivity contribution is 6.09. The molecule has 0 amide bonds. The van der Waals surface area contributed by atoms with Gasteiger partial charge in [0.15, 0.2) is 11.5 Å². The lowest BCUT2D eigenvalue weighted by atomic mass is 9.76. The standard InChI is InChI=1S/C25H32N4O3/c1-5-19-27-23(26)21-24(28-19)32-25(3,4)22(29-21)17-10-11-18(14(2)12-17)16-8-6-15(7-9-16)13-20(30)31/h10-12,15-16H,5-9,13H2,1-4H3,(H,30,31)(H2,26,27,28)/t15-,16-. The molecule has 0 unspecified atom stereocenters. The van der Waals surface area contributed by atoms with E-state index in [-0.39, 0.29) is 6.42 Å². The smallest absolute Gasteiger partial charge is 0.303 e. The van der Waals surface area contributed by atoms with Crippen LogP contribution < -0.4 is 10.5 Å². The largest absolute Gasteiger partial charge is 0.481 e. The van der Waals surface area contributed by atoms with E-state index in [9.17, 15) is 4.79 Å². The molecule has 2 aliphatic rings. The third-order valence-electron chi connectivity index (χ3n) is 6.68. The van der Waals surface area contributed by atoms with E-state index in [4.69, 9.17) is 20.6 Å². The van der Waals surface area contributed by atoms with Gasteiger partial charge in [-0.25, -0.2) is 9.98 Å². The van der Waals surface area contributed by atoms with Crippen LogP contribution >= 0.6 is 0 Å². The van der Waals surface area contributed by atoms with Gasteiger partial charge in [0.2, 0.25) is 5.88 Å². The van der Waals surface area contributed by atoms with E-state index in [1.54, 1.807) is 0 Å². The Hall–Kier alpha value is -2.96. The van der Waals surface area contributed by atoms with Crippen molar-refractivity contribution in [3.63, 3.8) is 0 Å². The van der Waals surface area contributed by atoms with Crippen LogP contribution in [0.4, 0.5) is 11.5 Å². The summed E-state index contributed by atoms with van der Waals surface area (Å²) >= 11 is 0. The monoisotopic (exact) mass is 436 g/mol. The molecule has 4 rings (SSSR count). The van der Waals surface area contributed by atoms with E-state index in [2.05, 4.69) is 35.1 Å². The Kier molecular flexibility index (Phi) is 5.93. The Balaban J connectivity index is 1.61. The molecule has 1 aromatic carbocycles. The van der Waals surface area contributed by atoms with Crippen LogP contribution in [0.3, 0.4) is 0 Å². The average molecular weight is 437 g/mol. The number of fused-ring (bicyclic) bond motifs is 1. The number of hydrogen-bond acceptors (Lipinski definition) is 6. The molecule has 7 heteroatoms. The lowest BCUT2D eigenvalue weighted by Gasteiger charge is -2.33. The molecule has 3 N–H and O–H groups in total. The molecule has 1 saturated carbocycles. The van der Waals surface area contributed by atoms with Crippen LogP contribution in [0.2, 0.25) is 0 Å². The molecule has 0 radical (unpaired) electrons. The highest BCUT2D eigenvalue weighted by Crippen LogP contribution is 2.41. The maximum absolute atomic E-state index is 11.0. The molecule has 1 aromatic heterocycles. The third kappa shape index (κ3) is 4.33. The number of nitrogens with zero attached hydrogens (tertiary/aromatic N) is 3. The summed E-state index contributed by atoms with van der Waals surface area (Å²) in [4.78, 5) is 24.7. The van der Waals surface area contributed by atoms with Crippen molar-refractivity contribution in [2.75, 3.05) is 5.73 Å². The number of carboxylic acid groups (broad SMARTS) is 1. The van der Waals surface area contributed by atoms with Crippen molar-refractivity contribution in [3.05, 3.63) is 40.7 Å². The summed E-state index contributed by atoms with van der Waals surface area (Å²) in [6.07, 6.45) is 4.98. The molecule has 2 heterocycles. The zero-order chi connectivity index (χ0) is 23.0. The highest BCUT2D eigenvalue weighted by atomic mass is 16.5. The molecule has 0 bridgehead atoms. The SMILES string of the molecule is CCc1nc(N)c2c(n1)OC(C)(C)C(c1ccc([C@H]3CC[C@H](CC(=O)O)CC3)c(C)c1)=N2. The summed E-state index contributed by atoms with van der Waals surface area (Å²) in [5, 5.41) is 9.06. The Morgan fingerprint density at radius 2 is 1.94 bits per heavy atom. The van der Waals surface area contributed by atoms with Crippen LogP contribution in [0.25, 0.3) is 0 Å². The topological polar surface area (TPSA) is 111 Å². The number of rotatable bonds is 5. The predicted molar refractivity (Wildman–Crippen MR) is 125 cm³/mol. The lowest BCUT2D eigenvalue weighted by Crippen LogP contribution is -2.41. The van der Waals surface area contributed by atoms with Gasteiger partial charge in [0.1, 0.15) is 11.4 Å². The summed E-state index contributed by atoms with van der Waals surface area (Å²) in [6, 6.07) is 6.48. The summed E-state index contributed by atoms with van der Waals surface area (Å²) in [5.41, 5.74) is 10.4. The zero-order valence-corrected chi connectivity index (χ0v) is 19.3. The number of aromatic nitrogens is 2. The fourth-order valence-electron chi connectivity index (χ4n) is 4.99. The maximum atomic E-state index is 11.0. The molecule has 7 nitrogen and oxygen atoms in total. The summed E-state index contributed by atoms with van der Waals surface area (Å²) in [6.45, 7) is 8.10. The van der Waals surface area contributed by atoms with Crippen molar-refractivity contribution in [2.24, 2.45) is 10.9 Å². The van der Waals surface area contributed by atoms with Crippen molar-refractivity contribution >= 4 is 23.2 Å². The first kappa shape index (κ1) is 22.2. The minimum absolute atomic E-state index is 0.285. The first-order valence-electron chi connectivity index (χ1n) is 11.4. The van der Waals surface area contributed by atoms with Crippen LogP contribution in [0.5, 0.6) is 5.88 Å². The molecule has 170 valence electrons. The third-order valence-corrected chi connectivity index (χ3v) is 6.68. The van der Waals surface area contributed by atoms with Crippen molar-refractivity contribution in [1.82, 2.24) is 9.97 Å². The maximum Gasteiger partial charge on any atom is 0.303 e. The van der Waals surface area contributed by atoms with Gasteiger partial charge in [-0.3, -0.25) is 4.79 Å². The quantitative estimate of drug-likeness (QED) is 0.684. The summed E-state index contributed by atoms with van der Waals surface area (Å²) in [7, 11) is 0. The molecule has 0 saturated heterocycles. The van der Waals surface area contributed by atoms with E-state index in [0.29, 0.717) is 41.5 Å². The van der Waals surface area contributed by atoms with E-state index < -0.39 is 11.6 Å². The molecule has 1 fully saturated rings. The second-order valence-electron chi connectivity index (χ2n) is 9.49. The van der Waals surface area contributed by atoms with Crippen molar-refractivity contribution in [2.45, 2.75) is 77.7 Å². The number of carbonyl (C=O) groups is 1. The summed E-state index contributed by atoms with van der Waals surface area (Å²) < 4.78 is 6.23. The second kappa shape index (κ2) is 8.52. The fraction of sp³-hybridized carbons (Fsp3) is 0.520. The molecule has 0 spiro atoms. The van der Waals surface area contributed by atoms with Gasteiger partial charge in [-0.15, -0.1) is 0 Å². The number of nitrogen functional groups attached to an aromatic ring is 1. The molecule has 0 atom stereocenters. The van der Waals surface area contributed by atoms with E-state index in [1.807, 2.05) is 20.8 Å². The number of aryl methyl sites for hydroxylation is 2. The summed E-state index contributed by atoms with van der Waals surface area (Å²) in [5.74, 6) is 1.52. The van der Waals surface area contributed by atoms with Gasteiger partial charge in [-0.05, 0) is 75.5 Å². The van der Waals surface area contributed by atoms with Gasteiger partial charge in [0.25, 0.3) is 0 Å². The fourth-order valence-corrected chi connectivity index (χ4v) is 4.99. The van der Waals surface area contributed by atoms with Gasteiger partial charge in [-0.1, -0.05) is 19.1 Å². The molecule has 2 aromatic rings. The molecular formula is C25H32N4O3. The lowest BCUT2D eigenvalue weighted by molar-refractivity contribution is -0.138. The second-order valence-corrected chi connectivity index (χ2v) is 9.49. The Morgan fingerprint density at radius 3 is 2.56 bits per heavy atom. The van der Waals surface area contributed by atoms with Crippen LogP contribution in [0.1, 0.15) is 81.3 Å². The van der Waals surface area contributed by atoms with Gasteiger partial charge in [-0.2, -0.15) is 4.98 Å². The molecular weight excluding hydrogens is 404 g/mol. The first-order valence-corrected chi connectivity index (χ1v) is 11.4. The number of aliphatic imine (C=N–C) groups is 1. The molecule has 1 aliphatic carbocycles. The van der Waals surface area contributed by atoms with E-state index >= 15 is 0 Å². The molecule has 1 aliphatic heterocycles. The van der Waals surface area contributed by atoms with Crippen LogP contribution in [0.15, 0.2) is 23.2 Å². The van der Waals surface area contributed by atoms with E-state index in [1.165, 1.54) is 11.1 Å². The van der Waals surface area contributed by atoms with Gasteiger partial charge >= 0.3 is 5.97 Å². The zero-order valence-electron chi connectivity index (χ0n) is 19.3. The van der Waals surface area contributed by atoms with Crippen molar-refractivity contribution < 1.29 is 14.6 Å². The minimum atomic E-state index is -0.689. The van der Waals surface area contributed by atoms with E-state index in [0.717, 1.165) is 37.0 Å². The normalized spacial score (nSPS) is 21.9. The number of aliphatic carboxylic acids is 1. The van der Waals surface area contributed by atoms with Crippen molar-refractivity contribution in [1.29, 1.82) is 0 Å². The first-order chi connectivity index (χ1) is 15.2. The van der Waals surface area contributed by atoms with Crippen LogP contribution in [-0.4, -0.2) is 32.4 Å². The van der Waals surface area contributed by atoms with Crippen LogP contribution in [-0.2, 0) is 11.2 Å². The predicted octanol–water partition coefficient (Wildman–Crippen LogP) is 4.97. The van der Waals surface area contributed by atoms with Gasteiger partial charge in [0, 0.05) is 18.4 Å². The Bertz CT molecular complexity index is 1070. The van der Waals surface area contributed by atoms with Gasteiger partial charge < -0.3 is 15.6 Å². The van der Waals surface area contributed by atoms with Crippen LogP contribution in [0, 0.1) is 12.8 Å². The Labute approximate surface area is 189 Å². The number of carboxylic acids is 1. The minimum Gasteiger partial charge on any atom is -0.481 e. The number of ether oxygens (including phenoxy) is 1.